The van der Waals surface area contributed by atoms with Crippen LogP contribution in [0.4, 0.5) is 0 Å². The standard InChI is InChI=1S/C20H26N2O4/c1-22(2)16(15-9-5-6-10-17(15)24-3)13-21-20(23)14-26-19-12-8-7-11-18(19)25-4/h5-12,16H,13-14H2,1-4H3,(H,21,23)/t16-/m1/s1. The number of methoxy groups -OCH3 is 2. The molecule has 0 aliphatic heterocycles. The van der Waals surface area contributed by atoms with Crippen molar-refractivity contribution in [3.63, 3.8) is 0 Å². The summed E-state index contributed by atoms with van der Waals surface area (Å²) in [6.07, 6.45) is 0. The lowest BCUT2D eigenvalue weighted by Gasteiger charge is -2.26. The van der Waals surface area contributed by atoms with Crippen LogP contribution in [0.15, 0.2) is 48.5 Å². The Morgan fingerprint density at radius 3 is 2.15 bits per heavy atom. The summed E-state index contributed by atoms with van der Waals surface area (Å²) < 4.78 is 16.2. The zero-order valence-electron chi connectivity index (χ0n) is 15.7. The predicted octanol–water partition coefficient (Wildman–Crippen LogP) is 2.50. The number of benzene rings is 2. The second-order valence-electron chi connectivity index (χ2n) is 5.96. The molecule has 0 heterocycles. The van der Waals surface area contributed by atoms with Gasteiger partial charge in [0, 0.05) is 12.1 Å². The van der Waals surface area contributed by atoms with E-state index in [1.165, 1.54) is 0 Å². The summed E-state index contributed by atoms with van der Waals surface area (Å²) in [5.74, 6) is 1.74. The molecule has 6 nitrogen and oxygen atoms in total. The van der Waals surface area contributed by atoms with Gasteiger partial charge < -0.3 is 24.4 Å². The molecule has 1 amide bonds. The van der Waals surface area contributed by atoms with Crippen LogP contribution in [0.1, 0.15) is 11.6 Å². The van der Waals surface area contributed by atoms with E-state index >= 15 is 0 Å². The predicted molar refractivity (Wildman–Crippen MR) is 101 cm³/mol. The summed E-state index contributed by atoms with van der Waals surface area (Å²) in [5, 5.41) is 2.92. The lowest BCUT2D eigenvalue weighted by Crippen LogP contribution is -2.37. The van der Waals surface area contributed by atoms with Gasteiger partial charge in [0.25, 0.3) is 5.91 Å². The average molecular weight is 358 g/mol. The van der Waals surface area contributed by atoms with Gasteiger partial charge in [-0.25, -0.2) is 0 Å². The molecule has 0 spiro atoms. The molecule has 1 atom stereocenters. The lowest BCUT2D eigenvalue weighted by molar-refractivity contribution is -0.123. The Labute approximate surface area is 154 Å². The van der Waals surface area contributed by atoms with E-state index in [1.54, 1.807) is 26.4 Å². The first kappa shape index (κ1) is 19.6. The molecule has 0 aromatic heterocycles. The molecule has 0 saturated heterocycles. The van der Waals surface area contributed by atoms with Crippen LogP contribution >= 0.6 is 0 Å². The molecule has 2 aromatic carbocycles. The van der Waals surface area contributed by atoms with Crippen molar-refractivity contribution in [1.29, 1.82) is 0 Å². The number of carbonyl (C=O) groups is 1. The second-order valence-corrected chi connectivity index (χ2v) is 5.96. The van der Waals surface area contributed by atoms with Crippen LogP contribution in [0.25, 0.3) is 0 Å². The first-order valence-electron chi connectivity index (χ1n) is 8.38. The van der Waals surface area contributed by atoms with E-state index in [9.17, 15) is 4.79 Å². The Hall–Kier alpha value is -2.73. The zero-order chi connectivity index (χ0) is 18.9. The fourth-order valence-electron chi connectivity index (χ4n) is 2.66. The van der Waals surface area contributed by atoms with Gasteiger partial charge in [-0.2, -0.15) is 0 Å². The lowest BCUT2D eigenvalue weighted by atomic mass is 10.0. The normalized spacial score (nSPS) is 11.7. The molecule has 0 saturated carbocycles. The molecule has 0 unspecified atom stereocenters. The highest BCUT2D eigenvalue weighted by molar-refractivity contribution is 5.77. The first-order chi connectivity index (χ1) is 12.6. The number of para-hydroxylation sites is 3. The van der Waals surface area contributed by atoms with E-state index in [0.717, 1.165) is 11.3 Å². The molecule has 2 rings (SSSR count). The van der Waals surface area contributed by atoms with Gasteiger partial charge in [-0.3, -0.25) is 4.79 Å². The van der Waals surface area contributed by atoms with Gasteiger partial charge >= 0.3 is 0 Å². The van der Waals surface area contributed by atoms with Crippen molar-refractivity contribution in [3.8, 4) is 17.2 Å². The number of nitrogens with one attached hydrogen (secondary N) is 1. The molecular weight excluding hydrogens is 332 g/mol. The van der Waals surface area contributed by atoms with Crippen LogP contribution in [-0.2, 0) is 4.79 Å². The van der Waals surface area contributed by atoms with Crippen LogP contribution < -0.4 is 19.5 Å². The minimum absolute atomic E-state index is 0.0126. The van der Waals surface area contributed by atoms with Crippen molar-refractivity contribution in [2.24, 2.45) is 0 Å². The monoisotopic (exact) mass is 358 g/mol. The Bertz CT molecular complexity index is 718. The van der Waals surface area contributed by atoms with Crippen molar-refractivity contribution < 1.29 is 19.0 Å². The smallest absolute Gasteiger partial charge is 0.258 e. The fraction of sp³-hybridized carbons (Fsp3) is 0.350. The van der Waals surface area contributed by atoms with Gasteiger partial charge in [0.15, 0.2) is 18.1 Å². The van der Waals surface area contributed by atoms with E-state index in [0.29, 0.717) is 18.0 Å². The highest BCUT2D eigenvalue weighted by Gasteiger charge is 2.19. The largest absolute Gasteiger partial charge is 0.496 e. The van der Waals surface area contributed by atoms with Gasteiger partial charge in [0.2, 0.25) is 0 Å². The van der Waals surface area contributed by atoms with Crippen LogP contribution in [-0.4, -0.2) is 52.3 Å². The molecule has 0 fully saturated rings. The van der Waals surface area contributed by atoms with Crippen molar-refractivity contribution >= 4 is 5.91 Å². The number of nitrogens with zero attached hydrogens (tertiary/aromatic N) is 1. The molecule has 26 heavy (non-hydrogen) atoms. The number of carbonyl (C=O) groups excluding carboxylic acids is 1. The molecule has 0 aliphatic carbocycles. The van der Waals surface area contributed by atoms with Crippen molar-refractivity contribution in [2.45, 2.75) is 6.04 Å². The number of amides is 1. The van der Waals surface area contributed by atoms with E-state index in [2.05, 4.69) is 5.32 Å². The van der Waals surface area contributed by atoms with E-state index in [-0.39, 0.29) is 18.6 Å². The number of rotatable bonds is 9. The van der Waals surface area contributed by atoms with Crippen LogP contribution in [0.5, 0.6) is 17.2 Å². The topological polar surface area (TPSA) is 60.0 Å². The maximum atomic E-state index is 12.2. The van der Waals surface area contributed by atoms with Crippen molar-refractivity contribution in [1.82, 2.24) is 10.2 Å². The SMILES string of the molecule is COc1ccccc1OCC(=O)NC[C@H](c1ccccc1OC)N(C)C. The summed E-state index contributed by atoms with van der Waals surface area (Å²) in [6.45, 7) is 0.369. The third kappa shape index (κ3) is 5.13. The van der Waals surface area contributed by atoms with E-state index in [1.807, 2.05) is 55.4 Å². The maximum absolute atomic E-state index is 12.2. The van der Waals surface area contributed by atoms with Crippen LogP contribution in [0.2, 0.25) is 0 Å². The molecule has 1 N–H and O–H groups in total. The van der Waals surface area contributed by atoms with Gasteiger partial charge in [0.1, 0.15) is 5.75 Å². The molecule has 2 aromatic rings. The highest BCUT2D eigenvalue weighted by atomic mass is 16.5. The van der Waals surface area contributed by atoms with E-state index in [4.69, 9.17) is 14.2 Å². The Balaban J connectivity index is 1.95. The molecule has 0 aliphatic rings. The second kappa shape index (κ2) is 9.68. The molecule has 0 radical (unpaired) electrons. The summed E-state index contributed by atoms with van der Waals surface area (Å²) in [4.78, 5) is 14.2. The summed E-state index contributed by atoms with van der Waals surface area (Å²) in [7, 11) is 7.14. The van der Waals surface area contributed by atoms with Crippen molar-refractivity contribution in [3.05, 3.63) is 54.1 Å². The molecular formula is C20H26N2O4. The minimum Gasteiger partial charge on any atom is -0.496 e. The van der Waals surface area contributed by atoms with E-state index < -0.39 is 0 Å². The van der Waals surface area contributed by atoms with Crippen LogP contribution in [0, 0.1) is 0 Å². The third-order valence-corrected chi connectivity index (χ3v) is 4.04. The number of likely N-dealkylation sites (N-methyl/N-ethyl adjacent to an activating group) is 1. The molecule has 0 bridgehead atoms. The number of ether oxygens (including phenoxy) is 3. The quantitative estimate of drug-likeness (QED) is 0.746. The molecule has 6 heteroatoms. The number of hydrogen-bond acceptors (Lipinski definition) is 5. The van der Waals surface area contributed by atoms with Gasteiger partial charge in [-0.05, 0) is 32.3 Å². The minimum atomic E-state index is -0.197. The molecule has 140 valence electrons. The maximum Gasteiger partial charge on any atom is 0.258 e. The first-order valence-corrected chi connectivity index (χ1v) is 8.38. The van der Waals surface area contributed by atoms with Gasteiger partial charge in [-0.15, -0.1) is 0 Å². The Morgan fingerprint density at radius 2 is 1.54 bits per heavy atom. The summed E-state index contributed by atoms with van der Waals surface area (Å²) in [6, 6.07) is 15.0. The van der Waals surface area contributed by atoms with Gasteiger partial charge in [0.05, 0.1) is 20.3 Å². The van der Waals surface area contributed by atoms with Gasteiger partial charge in [-0.1, -0.05) is 30.3 Å². The summed E-state index contributed by atoms with van der Waals surface area (Å²) >= 11 is 0. The average Bonchev–Trinajstić information content (AvgIpc) is 2.66. The third-order valence-electron chi connectivity index (χ3n) is 4.04. The Kier molecular flexibility index (Phi) is 7.29. The zero-order valence-corrected chi connectivity index (χ0v) is 15.7. The Morgan fingerprint density at radius 1 is 0.962 bits per heavy atom. The van der Waals surface area contributed by atoms with Crippen LogP contribution in [0.3, 0.4) is 0 Å². The number of hydrogen-bond donors (Lipinski definition) is 1. The highest BCUT2D eigenvalue weighted by Crippen LogP contribution is 2.27. The van der Waals surface area contributed by atoms with Crippen molar-refractivity contribution in [2.75, 3.05) is 41.5 Å². The summed E-state index contributed by atoms with van der Waals surface area (Å²) in [5.41, 5.74) is 1.02. The fourth-order valence-corrected chi connectivity index (χ4v) is 2.66.